The lowest BCUT2D eigenvalue weighted by atomic mass is 10.3. The van der Waals surface area contributed by atoms with Crippen molar-refractivity contribution in [2.24, 2.45) is 5.84 Å². The fourth-order valence-electron chi connectivity index (χ4n) is 1.38. The molecule has 0 saturated heterocycles. The number of amides is 1. The Morgan fingerprint density at radius 2 is 2.12 bits per heavy atom. The molecule has 0 aliphatic heterocycles. The zero-order valence-electron chi connectivity index (χ0n) is 10.6. The lowest BCUT2D eigenvalue weighted by Gasteiger charge is -2.17. The molecule has 6 nitrogen and oxygen atoms in total. The van der Waals surface area contributed by atoms with Gasteiger partial charge in [-0.1, -0.05) is 0 Å². The van der Waals surface area contributed by atoms with Crippen molar-refractivity contribution >= 4 is 5.91 Å². The Balaban J connectivity index is 2.46. The van der Waals surface area contributed by atoms with Crippen molar-refractivity contribution < 1.29 is 9.21 Å². The van der Waals surface area contributed by atoms with E-state index < -0.39 is 0 Å². The molecule has 0 aliphatic rings. The molecule has 1 heterocycles. The highest BCUT2D eigenvalue weighted by Crippen LogP contribution is 2.09. The Morgan fingerprint density at radius 1 is 1.41 bits per heavy atom. The quantitative estimate of drug-likeness (QED) is 0.412. The van der Waals surface area contributed by atoms with Crippen LogP contribution in [0.5, 0.6) is 0 Å². The second-order valence-corrected chi connectivity index (χ2v) is 4.32. The molecule has 1 rings (SSSR count). The third kappa shape index (κ3) is 4.56. The Kier molecular flexibility index (Phi) is 5.14. The summed E-state index contributed by atoms with van der Waals surface area (Å²) in [5, 5.41) is 0. The van der Waals surface area contributed by atoms with Crippen LogP contribution in [-0.2, 0) is 6.54 Å². The molecule has 0 fully saturated rings. The highest BCUT2D eigenvalue weighted by Gasteiger charge is 2.10. The largest absolute Gasteiger partial charge is 0.467 e. The number of hydrogen-bond donors (Lipinski definition) is 2. The number of nitrogens with two attached hydrogens (primary N) is 1. The molecule has 0 radical (unpaired) electrons. The van der Waals surface area contributed by atoms with Gasteiger partial charge in [-0.25, -0.2) is 5.84 Å². The average molecular weight is 240 g/mol. The van der Waals surface area contributed by atoms with E-state index in [1.54, 1.807) is 6.07 Å². The van der Waals surface area contributed by atoms with Crippen LogP contribution in [0.4, 0.5) is 0 Å². The van der Waals surface area contributed by atoms with Gasteiger partial charge in [0.05, 0.1) is 12.1 Å². The fourth-order valence-corrected chi connectivity index (χ4v) is 1.38. The van der Waals surface area contributed by atoms with Gasteiger partial charge in [0.2, 0.25) is 0 Å². The number of rotatable bonds is 6. The summed E-state index contributed by atoms with van der Waals surface area (Å²) in [6.07, 6.45) is 1.41. The van der Waals surface area contributed by atoms with Crippen molar-refractivity contribution in [1.29, 1.82) is 0 Å². The predicted octanol–water partition coefficient (Wildman–Crippen LogP) is -0.123. The van der Waals surface area contributed by atoms with Gasteiger partial charge in [-0.05, 0) is 27.2 Å². The van der Waals surface area contributed by atoms with E-state index in [-0.39, 0.29) is 5.91 Å². The van der Waals surface area contributed by atoms with Crippen molar-refractivity contribution in [2.45, 2.75) is 6.54 Å². The maximum atomic E-state index is 11.2. The number of likely N-dealkylation sites (N-methyl/N-ethyl adjacent to an activating group) is 2. The van der Waals surface area contributed by atoms with Gasteiger partial charge in [0.1, 0.15) is 12.0 Å². The summed E-state index contributed by atoms with van der Waals surface area (Å²) in [4.78, 5) is 15.5. The number of carbonyl (C=O) groups is 1. The number of nitrogens with one attached hydrogen (secondary N) is 1. The summed E-state index contributed by atoms with van der Waals surface area (Å²) in [6.45, 7) is 2.59. The molecule has 0 atom stereocenters. The van der Waals surface area contributed by atoms with Crippen LogP contribution < -0.4 is 11.3 Å². The van der Waals surface area contributed by atoms with Gasteiger partial charge in [-0.3, -0.25) is 15.1 Å². The molecule has 0 aliphatic carbocycles. The van der Waals surface area contributed by atoms with Crippen LogP contribution in [0.3, 0.4) is 0 Å². The summed E-state index contributed by atoms with van der Waals surface area (Å²) in [6, 6.07) is 1.70. The minimum Gasteiger partial charge on any atom is -0.467 e. The van der Waals surface area contributed by atoms with Crippen LogP contribution in [-0.4, -0.2) is 49.9 Å². The molecular weight excluding hydrogens is 220 g/mol. The number of furan rings is 1. The molecule has 96 valence electrons. The number of hydrazine groups is 1. The Bertz CT molecular complexity index is 362. The zero-order valence-corrected chi connectivity index (χ0v) is 10.6. The summed E-state index contributed by atoms with van der Waals surface area (Å²) >= 11 is 0. The van der Waals surface area contributed by atoms with E-state index in [2.05, 4.69) is 15.2 Å². The van der Waals surface area contributed by atoms with Crippen LogP contribution in [0.1, 0.15) is 16.1 Å². The molecule has 3 N–H and O–H groups in total. The fraction of sp³-hybridized carbons (Fsp3) is 0.545. The standard InChI is InChI=1S/C11H20N4O2/c1-14(2)4-5-15(3)7-10-6-9(8-17-10)11(16)13-12/h6,8H,4-5,7,12H2,1-3H3,(H,13,16). The molecule has 17 heavy (non-hydrogen) atoms. The first-order chi connectivity index (χ1) is 8.02. The van der Waals surface area contributed by atoms with Crippen molar-refractivity contribution in [1.82, 2.24) is 15.2 Å². The van der Waals surface area contributed by atoms with E-state index in [1.165, 1.54) is 6.26 Å². The SMILES string of the molecule is CN(C)CCN(C)Cc1cc(C(=O)NN)co1. The van der Waals surface area contributed by atoms with Gasteiger partial charge in [0, 0.05) is 13.1 Å². The third-order valence-electron chi connectivity index (χ3n) is 2.40. The zero-order chi connectivity index (χ0) is 12.8. The van der Waals surface area contributed by atoms with Crippen molar-refractivity contribution in [3.63, 3.8) is 0 Å². The number of nitrogen functional groups attached to an aromatic ring is 1. The number of carbonyl (C=O) groups excluding carboxylic acids is 1. The molecule has 0 aromatic carbocycles. The number of nitrogens with zero attached hydrogens (tertiary/aromatic N) is 2. The normalized spacial score (nSPS) is 11.2. The topological polar surface area (TPSA) is 74.7 Å². The van der Waals surface area contributed by atoms with Crippen LogP contribution in [0.2, 0.25) is 0 Å². The number of hydrogen-bond acceptors (Lipinski definition) is 5. The van der Waals surface area contributed by atoms with Crippen LogP contribution in [0, 0.1) is 0 Å². The first-order valence-electron chi connectivity index (χ1n) is 5.44. The first kappa shape index (κ1) is 13.7. The second kappa shape index (κ2) is 6.39. The lowest BCUT2D eigenvalue weighted by molar-refractivity contribution is 0.0953. The molecular formula is C11H20N4O2. The molecule has 6 heteroatoms. The minimum absolute atomic E-state index is 0.337. The molecule has 0 saturated carbocycles. The first-order valence-corrected chi connectivity index (χ1v) is 5.44. The van der Waals surface area contributed by atoms with E-state index in [1.807, 2.05) is 21.1 Å². The van der Waals surface area contributed by atoms with Gasteiger partial charge in [0.15, 0.2) is 0 Å². The van der Waals surface area contributed by atoms with Gasteiger partial charge < -0.3 is 9.32 Å². The van der Waals surface area contributed by atoms with E-state index in [4.69, 9.17) is 10.3 Å². The van der Waals surface area contributed by atoms with Gasteiger partial charge in [-0.2, -0.15) is 0 Å². The minimum atomic E-state index is -0.337. The van der Waals surface area contributed by atoms with E-state index in [0.29, 0.717) is 12.1 Å². The summed E-state index contributed by atoms with van der Waals surface area (Å²) in [7, 11) is 6.07. The van der Waals surface area contributed by atoms with Crippen molar-refractivity contribution in [3.05, 3.63) is 23.7 Å². The molecule has 0 spiro atoms. The van der Waals surface area contributed by atoms with Gasteiger partial charge >= 0.3 is 0 Å². The molecule has 1 amide bonds. The van der Waals surface area contributed by atoms with Crippen molar-refractivity contribution in [2.75, 3.05) is 34.2 Å². The van der Waals surface area contributed by atoms with Crippen LogP contribution in [0.25, 0.3) is 0 Å². The Morgan fingerprint density at radius 3 is 2.71 bits per heavy atom. The lowest BCUT2D eigenvalue weighted by Crippen LogP contribution is -2.29. The molecule has 0 bridgehead atoms. The molecule has 0 unspecified atom stereocenters. The Hall–Kier alpha value is -1.37. The highest BCUT2D eigenvalue weighted by atomic mass is 16.3. The maximum absolute atomic E-state index is 11.2. The second-order valence-electron chi connectivity index (χ2n) is 4.32. The highest BCUT2D eigenvalue weighted by molar-refractivity contribution is 5.93. The molecule has 1 aromatic heterocycles. The van der Waals surface area contributed by atoms with E-state index >= 15 is 0 Å². The van der Waals surface area contributed by atoms with Gasteiger partial charge in [-0.15, -0.1) is 0 Å². The average Bonchev–Trinajstić information content (AvgIpc) is 2.73. The van der Waals surface area contributed by atoms with Crippen molar-refractivity contribution in [3.8, 4) is 0 Å². The third-order valence-corrected chi connectivity index (χ3v) is 2.40. The molecule has 1 aromatic rings. The van der Waals surface area contributed by atoms with Crippen LogP contribution >= 0.6 is 0 Å². The predicted molar refractivity (Wildman–Crippen MR) is 65.2 cm³/mol. The van der Waals surface area contributed by atoms with E-state index in [0.717, 1.165) is 18.8 Å². The Labute approximate surface area is 101 Å². The van der Waals surface area contributed by atoms with E-state index in [9.17, 15) is 4.79 Å². The summed E-state index contributed by atoms with van der Waals surface area (Å²) in [5.41, 5.74) is 2.52. The monoisotopic (exact) mass is 240 g/mol. The van der Waals surface area contributed by atoms with Crippen LogP contribution in [0.15, 0.2) is 16.7 Å². The smallest absolute Gasteiger partial charge is 0.268 e. The maximum Gasteiger partial charge on any atom is 0.268 e. The summed E-state index contributed by atoms with van der Waals surface area (Å²) < 4.78 is 5.29. The summed E-state index contributed by atoms with van der Waals surface area (Å²) in [5.74, 6) is 5.46. The van der Waals surface area contributed by atoms with Gasteiger partial charge in [0.25, 0.3) is 5.91 Å².